The van der Waals surface area contributed by atoms with Gasteiger partial charge in [-0.15, -0.1) is 0 Å². The maximum Gasteiger partial charge on any atom is 0.322 e. The summed E-state index contributed by atoms with van der Waals surface area (Å²) >= 11 is 0. The minimum atomic E-state index is -1.17. The lowest BCUT2D eigenvalue weighted by molar-refractivity contribution is -0.144. The van der Waals surface area contributed by atoms with Crippen LogP contribution in [0.1, 0.15) is 61.3 Å². The number of Topliss-reactive ketones (excluding diaryl/α,β-unsaturated/α-hetero) is 1. The van der Waals surface area contributed by atoms with Gasteiger partial charge in [0.25, 0.3) is 0 Å². The first-order valence-corrected chi connectivity index (χ1v) is 9.28. The molecule has 0 heterocycles. The third-order valence-electron chi connectivity index (χ3n) is 3.92. The van der Waals surface area contributed by atoms with Crippen molar-refractivity contribution in [1.82, 2.24) is 10.6 Å². The highest BCUT2D eigenvalue weighted by atomic mass is 16.5. The fourth-order valence-electron chi connectivity index (χ4n) is 2.51. The molecule has 3 atom stereocenters. The second-order valence-corrected chi connectivity index (χ2v) is 7.95. The SMILES string of the molecule is CC[C@H](NC(=O)C(C)C)C(=O)C[C@H](C(=O)NCC(=O)O)[C@@H](C)OC(C)(C)C. The summed E-state index contributed by atoms with van der Waals surface area (Å²) in [6.45, 7) is 11.9. The van der Waals surface area contributed by atoms with Crippen molar-refractivity contribution in [2.24, 2.45) is 11.8 Å². The second kappa shape index (κ2) is 11.0. The molecule has 0 bridgehead atoms. The van der Waals surface area contributed by atoms with Crippen LogP contribution in [0.3, 0.4) is 0 Å². The lowest BCUT2D eigenvalue weighted by Crippen LogP contribution is -2.47. The van der Waals surface area contributed by atoms with Crippen molar-refractivity contribution in [3.63, 3.8) is 0 Å². The van der Waals surface area contributed by atoms with Crippen LogP contribution in [0.25, 0.3) is 0 Å². The quantitative estimate of drug-likeness (QED) is 0.495. The van der Waals surface area contributed by atoms with Gasteiger partial charge in [-0.2, -0.15) is 0 Å². The summed E-state index contributed by atoms with van der Waals surface area (Å²) in [6.07, 6.45) is -0.365. The summed E-state index contributed by atoms with van der Waals surface area (Å²) in [7, 11) is 0. The van der Waals surface area contributed by atoms with Crippen LogP contribution in [-0.4, -0.2) is 53.0 Å². The van der Waals surface area contributed by atoms with Gasteiger partial charge in [-0.3, -0.25) is 19.2 Å². The molecule has 0 rings (SSSR count). The van der Waals surface area contributed by atoms with E-state index in [4.69, 9.17) is 9.84 Å². The van der Waals surface area contributed by atoms with Crippen LogP contribution in [-0.2, 0) is 23.9 Å². The number of carboxylic acid groups (broad SMARTS) is 1. The molecule has 0 aliphatic carbocycles. The van der Waals surface area contributed by atoms with E-state index < -0.39 is 42.1 Å². The first kappa shape index (κ1) is 25.0. The molecule has 0 unspecified atom stereocenters. The van der Waals surface area contributed by atoms with Crippen molar-refractivity contribution >= 4 is 23.6 Å². The van der Waals surface area contributed by atoms with Crippen LogP contribution in [0.2, 0.25) is 0 Å². The molecule has 0 fully saturated rings. The predicted molar refractivity (Wildman–Crippen MR) is 101 cm³/mol. The van der Waals surface area contributed by atoms with Gasteiger partial charge in [-0.25, -0.2) is 0 Å². The van der Waals surface area contributed by atoms with Gasteiger partial charge in [0.1, 0.15) is 6.54 Å². The number of carbonyl (C=O) groups excluding carboxylic acids is 3. The Morgan fingerprint density at radius 2 is 1.59 bits per heavy atom. The van der Waals surface area contributed by atoms with Crippen molar-refractivity contribution in [2.75, 3.05) is 6.54 Å². The Morgan fingerprint density at radius 3 is 2.00 bits per heavy atom. The summed E-state index contributed by atoms with van der Waals surface area (Å²) in [5, 5.41) is 13.8. The summed E-state index contributed by atoms with van der Waals surface area (Å²) < 4.78 is 5.81. The van der Waals surface area contributed by atoms with Gasteiger partial charge in [0.05, 0.1) is 23.7 Å². The van der Waals surface area contributed by atoms with Crippen LogP contribution in [0.15, 0.2) is 0 Å². The van der Waals surface area contributed by atoms with Gasteiger partial charge >= 0.3 is 5.97 Å². The molecule has 0 aromatic heterocycles. The maximum absolute atomic E-state index is 12.7. The van der Waals surface area contributed by atoms with E-state index in [2.05, 4.69) is 10.6 Å². The van der Waals surface area contributed by atoms with Crippen molar-refractivity contribution < 1.29 is 29.0 Å². The first-order chi connectivity index (χ1) is 12.3. The molecule has 8 heteroatoms. The van der Waals surface area contributed by atoms with Crippen molar-refractivity contribution in [3.05, 3.63) is 0 Å². The average Bonchev–Trinajstić information content (AvgIpc) is 2.52. The smallest absolute Gasteiger partial charge is 0.322 e. The minimum Gasteiger partial charge on any atom is -0.480 e. The second-order valence-electron chi connectivity index (χ2n) is 7.95. The molecule has 27 heavy (non-hydrogen) atoms. The van der Waals surface area contributed by atoms with Crippen LogP contribution in [0, 0.1) is 11.8 Å². The van der Waals surface area contributed by atoms with E-state index in [1.165, 1.54) is 0 Å². The summed E-state index contributed by atoms with van der Waals surface area (Å²) in [4.78, 5) is 47.8. The van der Waals surface area contributed by atoms with Gasteiger partial charge in [0, 0.05) is 12.3 Å². The number of ether oxygens (including phenoxy) is 1. The molecule has 0 saturated heterocycles. The maximum atomic E-state index is 12.7. The molecular formula is C19H34N2O6. The Balaban J connectivity index is 5.29. The third-order valence-corrected chi connectivity index (χ3v) is 3.92. The van der Waals surface area contributed by atoms with Crippen LogP contribution < -0.4 is 10.6 Å². The highest BCUT2D eigenvalue weighted by Gasteiger charge is 2.33. The topological polar surface area (TPSA) is 122 Å². The molecular weight excluding hydrogens is 352 g/mol. The molecule has 2 amide bonds. The van der Waals surface area contributed by atoms with E-state index in [0.717, 1.165) is 0 Å². The third kappa shape index (κ3) is 10.1. The normalized spacial score (nSPS) is 15.0. The molecule has 0 saturated carbocycles. The minimum absolute atomic E-state index is 0.153. The zero-order valence-corrected chi connectivity index (χ0v) is 17.4. The van der Waals surface area contributed by atoms with Crippen molar-refractivity contribution in [2.45, 2.75) is 79.1 Å². The molecule has 3 N–H and O–H groups in total. The van der Waals surface area contributed by atoms with Crippen LogP contribution >= 0.6 is 0 Å². The summed E-state index contributed by atoms with van der Waals surface area (Å²) in [6, 6.07) is -0.698. The number of ketones is 1. The Labute approximate surface area is 161 Å². The number of amides is 2. The van der Waals surface area contributed by atoms with E-state index in [9.17, 15) is 19.2 Å². The average molecular weight is 386 g/mol. The Kier molecular flexibility index (Phi) is 10.2. The fraction of sp³-hybridized carbons (Fsp3) is 0.789. The summed E-state index contributed by atoms with van der Waals surface area (Å²) in [5.41, 5.74) is -0.538. The highest BCUT2D eigenvalue weighted by molar-refractivity contribution is 5.93. The number of aliphatic carboxylic acids is 1. The van der Waals surface area contributed by atoms with Gasteiger partial charge in [0.15, 0.2) is 5.78 Å². The lowest BCUT2D eigenvalue weighted by atomic mass is 9.91. The Morgan fingerprint density at radius 1 is 1.04 bits per heavy atom. The first-order valence-electron chi connectivity index (χ1n) is 9.28. The Bertz CT molecular complexity index is 539. The molecule has 0 aromatic rings. The molecule has 0 aliphatic heterocycles. The van der Waals surface area contributed by atoms with Crippen LogP contribution in [0.4, 0.5) is 0 Å². The number of carboxylic acids is 1. The zero-order valence-electron chi connectivity index (χ0n) is 17.4. The van der Waals surface area contributed by atoms with Gasteiger partial charge in [-0.1, -0.05) is 20.8 Å². The largest absolute Gasteiger partial charge is 0.480 e. The lowest BCUT2D eigenvalue weighted by Gasteiger charge is -2.30. The molecule has 8 nitrogen and oxygen atoms in total. The summed E-state index contributed by atoms with van der Waals surface area (Å²) in [5.74, 6) is -3.38. The molecule has 0 spiro atoms. The van der Waals surface area contributed by atoms with Crippen molar-refractivity contribution in [1.29, 1.82) is 0 Å². The molecule has 0 aliphatic rings. The number of hydrogen-bond acceptors (Lipinski definition) is 5. The number of hydrogen-bond donors (Lipinski definition) is 3. The van der Waals surface area contributed by atoms with E-state index in [1.54, 1.807) is 27.7 Å². The Hall–Kier alpha value is -1.96. The fourth-order valence-corrected chi connectivity index (χ4v) is 2.51. The standard InChI is InChI=1S/C19H34N2O6/c1-8-14(21-17(25)11(2)3)15(22)9-13(12(4)27-19(5,6)7)18(26)20-10-16(23)24/h11-14H,8-10H2,1-7H3,(H,20,26)(H,21,25)(H,23,24)/t12-,13+,14+/m1/s1. The highest BCUT2D eigenvalue weighted by Crippen LogP contribution is 2.21. The predicted octanol–water partition coefficient (Wildman–Crippen LogP) is 1.52. The number of rotatable bonds is 11. The van der Waals surface area contributed by atoms with E-state index in [-0.39, 0.29) is 24.0 Å². The van der Waals surface area contributed by atoms with Crippen LogP contribution in [0.5, 0.6) is 0 Å². The van der Waals surface area contributed by atoms with E-state index in [0.29, 0.717) is 6.42 Å². The molecule has 0 aromatic carbocycles. The molecule has 156 valence electrons. The van der Waals surface area contributed by atoms with E-state index >= 15 is 0 Å². The zero-order chi connectivity index (χ0) is 21.4. The van der Waals surface area contributed by atoms with Gasteiger partial charge < -0.3 is 20.5 Å². The monoisotopic (exact) mass is 386 g/mol. The van der Waals surface area contributed by atoms with Crippen molar-refractivity contribution in [3.8, 4) is 0 Å². The number of carbonyl (C=O) groups is 4. The molecule has 0 radical (unpaired) electrons. The number of nitrogens with one attached hydrogen (secondary N) is 2. The van der Waals surface area contributed by atoms with Gasteiger partial charge in [-0.05, 0) is 34.1 Å². The van der Waals surface area contributed by atoms with E-state index in [1.807, 2.05) is 20.8 Å². The van der Waals surface area contributed by atoms with Gasteiger partial charge in [0.2, 0.25) is 11.8 Å².